The maximum atomic E-state index is 12.8. The number of rotatable bonds is 9. The average molecular weight is 1290 g/mol. The van der Waals surface area contributed by atoms with E-state index < -0.39 is 36.0 Å². The number of hydrogen-bond donors (Lipinski definition) is 3. The minimum atomic E-state index is -4.59. The highest BCUT2D eigenvalue weighted by atomic mass is 19.4. The molecule has 9 atom stereocenters. The van der Waals surface area contributed by atoms with E-state index in [0.29, 0.717) is 18.1 Å². The molecule has 21 nitrogen and oxygen atoms in total. The van der Waals surface area contributed by atoms with Crippen LogP contribution in [0.25, 0.3) is 0 Å². The molecule has 3 N–H and O–H groups in total. The number of carbonyl (C=O) groups is 3. The molecule has 0 radical (unpaired) electrons. The van der Waals surface area contributed by atoms with Gasteiger partial charge in [0.25, 0.3) is 17.5 Å². The van der Waals surface area contributed by atoms with Crippen LogP contribution in [0.1, 0.15) is 195 Å². The zero-order valence-corrected chi connectivity index (χ0v) is 53.1. The van der Waals surface area contributed by atoms with Crippen LogP contribution in [-0.2, 0) is 32.9 Å². The minimum Gasteiger partial charge on any atom is -0.351 e. The lowest BCUT2D eigenvalue weighted by Crippen LogP contribution is -2.53. The summed E-state index contributed by atoms with van der Waals surface area (Å²) in [6.07, 6.45) is 2.08. The topological polar surface area (TPSA) is 224 Å². The number of hydrogen-bond acceptors (Lipinski definition) is 18. The third-order valence-electron chi connectivity index (χ3n) is 19.5. The van der Waals surface area contributed by atoms with Gasteiger partial charge >= 0.3 is 36.6 Å². The lowest BCUT2D eigenvalue weighted by atomic mass is 9.90. The van der Waals surface area contributed by atoms with Crippen molar-refractivity contribution in [2.75, 3.05) is 54.0 Å². The molecule has 90 heavy (non-hydrogen) atoms. The Morgan fingerprint density at radius 1 is 0.344 bits per heavy atom. The Morgan fingerprint density at radius 3 is 0.711 bits per heavy atom. The van der Waals surface area contributed by atoms with Crippen LogP contribution in [0.3, 0.4) is 0 Å². The number of fused-ring (bicyclic) bond motifs is 6. The molecule has 12 heterocycles. The summed E-state index contributed by atoms with van der Waals surface area (Å²) in [6.45, 7) is 23.2. The first-order chi connectivity index (χ1) is 42.0. The SMILES string of the molecule is CC(C)(C)NC(=O)C1CCN(C2C[C@H]3CC[C@@H](C2)N3c2nc(C(F)(F)F)no2)CC1.CC(C)(C)NC(=O)C1CCN(C2C[C@H]3CC[C@@H](C2)N3c2nc(C(F)(F)F)no2)CC1.CC(C)(C)NC(=O)C1CCN(C2C[C@H]3CC[C@@H](C2)N3c2nc(C(F)(F)F)no2)CC1. The molecule has 0 saturated carbocycles. The molecule has 3 aromatic rings. The Labute approximate surface area is 519 Å². The van der Waals surface area contributed by atoms with Crippen molar-refractivity contribution in [3.05, 3.63) is 17.5 Å². The number of anilines is 3. The fraction of sp³-hybridized carbons (Fsp3) is 0.850. The largest absolute Gasteiger partial charge is 0.455 e. The van der Waals surface area contributed by atoms with Crippen molar-refractivity contribution < 1.29 is 67.5 Å². The zero-order chi connectivity index (χ0) is 65.0. The Kier molecular flexibility index (Phi) is 19.5. The standard InChI is InChI=1S/3C20H30F3N5O2/c3*1-19(2,3)25-16(29)12-6-8-27(9-7-12)15-10-13-4-5-14(11-15)28(13)18-24-17(26-30-18)20(21,22)23/h3*12-15H,4-11H2,1-3H3,(H,25,29)/t3*13-,14+,15?. The van der Waals surface area contributed by atoms with Crippen LogP contribution >= 0.6 is 0 Å². The highest BCUT2D eigenvalue weighted by molar-refractivity contribution is 5.80. The van der Waals surface area contributed by atoms with Gasteiger partial charge in [-0.05, 0) is 233 Å². The van der Waals surface area contributed by atoms with E-state index in [1.54, 1.807) is 0 Å². The summed E-state index contributed by atoms with van der Waals surface area (Å²) in [6, 6.07) is 1.86. The zero-order valence-electron chi connectivity index (χ0n) is 53.1. The van der Waals surface area contributed by atoms with Gasteiger partial charge in [-0.1, -0.05) is 0 Å². The lowest BCUT2D eigenvalue weighted by molar-refractivity contribution is -0.146. The van der Waals surface area contributed by atoms with Gasteiger partial charge in [-0.15, -0.1) is 0 Å². The molecule has 9 aliphatic heterocycles. The average Bonchev–Trinajstić information content (AvgIpc) is 1.66. The number of amides is 3. The van der Waals surface area contributed by atoms with Crippen LogP contribution in [0, 0.1) is 17.8 Å². The van der Waals surface area contributed by atoms with Gasteiger partial charge in [-0.25, -0.2) is 0 Å². The lowest BCUT2D eigenvalue weighted by Gasteiger charge is -2.44. The van der Waals surface area contributed by atoms with Crippen LogP contribution in [0.4, 0.5) is 57.6 Å². The quantitative estimate of drug-likeness (QED) is 0.170. The van der Waals surface area contributed by atoms with Gasteiger partial charge in [-0.2, -0.15) is 54.5 Å². The predicted octanol–water partition coefficient (Wildman–Crippen LogP) is 9.64. The first-order valence-corrected chi connectivity index (χ1v) is 32.3. The summed E-state index contributed by atoms with van der Waals surface area (Å²) in [4.78, 5) is 61.2. The monoisotopic (exact) mass is 1290 g/mol. The number of carbonyl (C=O) groups excluding carboxylic acids is 3. The highest BCUT2D eigenvalue weighted by Crippen LogP contribution is 2.45. The summed E-state index contributed by atoms with van der Waals surface area (Å²) >= 11 is 0. The number of nitrogens with one attached hydrogen (secondary N) is 3. The molecular weight excluding hydrogens is 1200 g/mol. The van der Waals surface area contributed by atoms with Crippen LogP contribution in [-0.4, -0.2) is 173 Å². The molecule has 3 unspecified atom stereocenters. The van der Waals surface area contributed by atoms with E-state index in [1.165, 1.54) is 0 Å². The van der Waals surface area contributed by atoms with Gasteiger partial charge in [0.2, 0.25) is 17.7 Å². The van der Waals surface area contributed by atoms with Gasteiger partial charge in [0, 0.05) is 88.7 Å². The Bertz CT molecular complexity index is 2560. The first kappa shape index (κ1) is 67.4. The van der Waals surface area contributed by atoms with E-state index in [4.69, 9.17) is 13.6 Å². The Hall–Kier alpha value is -5.52. The van der Waals surface area contributed by atoms with Crippen molar-refractivity contribution in [1.29, 1.82) is 0 Å². The highest BCUT2D eigenvalue weighted by Gasteiger charge is 2.51. The van der Waals surface area contributed by atoms with E-state index in [1.807, 2.05) is 77.0 Å². The number of halogens is 9. The third-order valence-corrected chi connectivity index (χ3v) is 19.5. The molecule has 0 aromatic carbocycles. The summed E-state index contributed by atoms with van der Waals surface area (Å²) in [5.74, 6) is -3.08. The number of aromatic nitrogens is 6. The van der Waals surface area contributed by atoms with E-state index in [-0.39, 0.29) is 106 Å². The smallest absolute Gasteiger partial charge is 0.351 e. The van der Waals surface area contributed by atoms with Crippen LogP contribution < -0.4 is 30.7 Å². The number of nitrogens with zero attached hydrogens (tertiary/aromatic N) is 12. The summed E-state index contributed by atoms with van der Waals surface area (Å²) in [5.41, 5.74) is -0.664. The molecule has 0 aliphatic carbocycles. The molecule has 6 bridgehead atoms. The molecule has 3 amide bonds. The molecule has 504 valence electrons. The van der Waals surface area contributed by atoms with Crippen LogP contribution in [0.15, 0.2) is 13.6 Å². The van der Waals surface area contributed by atoms with Gasteiger partial charge in [0.05, 0.1) is 0 Å². The maximum Gasteiger partial charge on any atom is 0.455 e. The Morgan fingerprint density at radius 2 is 0.544 bits per heavy atom. The van der Waals surface area contributed by atoms with Crippen molar-refractivity contribution in [2.45, 2.75) is 267 Å². The van der Waals surface area contributed by atoms with Crippen LogP contribution in [0.2, 0.25) is 0 Å². The molecule has 9 fully saturated rings. The molecule has 3 aromatic heterocycles. The van der Waals surface area contributed by atoms with Gasteiger partial charge in [-0.3, -0.25) is 14.4 Å². The summed E-state index contributed by atoms with van der Waals surface area (Å²) in [5, 5.41) is 18.6. The summed E-state index contributed by atoms with van der Waals surface area (Å²) < 4.78 is 130. The minimum absolute atomic E-state index is 0.00849. The van der Waals surface area contributed by atoms with E-state index in [9.17, 15) is 53.9 Å². The normalized spacial score (nSPS) is 28.7. The maximum absolute atomic E-state index is 12.8. The number of alkyl halides is 9. The van der Waals surface area contributed by atoms with E-state index in [2.05, 4.69) is 61.1 Å². The predicted molar refractivity (Wildman–Crippen MR) is 311 cm³/mol. The van der Waals surface area contributed by atoms with Crippen LogP contribution in [0.5, 0.6) is 0 Å². The molecule has 30 heteroatoms. The molecule has 9 aliphatic rings. The second-order valence-corrected chi connectivity index (χ2v) is 29.6. The van der Waals surface area contributed by atoms with Gasteiger partial charge < -0.3 is 58.9 Å². The second-order valence-electron chi connectivity index (χ2n) is 29.6. The second kappa shape index (κ2) is 26.1. The van der Waals surface area contributed by atoms with Gasteiger partial charge in [0.15, 0.2) is 0 Å². The van der Waals surface area contributed by atoms with Crippen molar-refractivity contribution in [1.82, 2.24) is 61.1 Å². The molecule has 9 saturated heterocycles. The molecule has 0 spiro atoms. The Balaban J connectivity index is 0.000000148. The number of piperidine rings is 6. The van der Waals surface area contributed by atoms with Crippen molar-refractivity contribution in [3.8, 4) is 0 Å². The summed E-state index contributed by atoms with van der Waals surface area (Å²) in [7, 11) is 0. The number of likely N-dealkylation sites (tertiary alicyclic amines) is 3. The molecule has 12 rings (SSSR count). The van der Waals surface area contributed by atoms with Crippen molar-refractivity contribution in [2.24, 2.45) is 17.8 Å². The van der Waals surface area contributed by atoms with E-state index >= 15 is 0 Å². The molecular formula is C60H90F9N15O6. The van der Waals surface area contributed by atoms with E-state index in [0.717, 1.165) is 155 Å². The fourth-order valence-corrected chi connectivity index (χ4v) is 15.6. The third kappa shape index (κ3) is 16.3. The van der Waals surface area contributed by atoms with Crippen molar-refractivity contribution >= 4 is 35.8 Å². The first-order valence-electron chi connectivity index (χ1n) is 32.3. The van der Waals surface area contributed by atoms with Crippen molar-refractivity contribution in [3.63, 3.8) is 0 Å². The fourth-order valence-electron chi connectivity index (χ4n) is 15.6. The van der Waals surface area contributed by atoms with Gasteiger partial charge in [0.1, 0.15) is 0 Å².